The number of nitrogens with zero attached hydrogens (tertiary/aromatic N) is 2. The van der Waals surface area contributed by atoms with Crippen LogP contribution in [0.25, 0.3) is 11.3 Å². The van der Waals surface area contributed by atoms with Crippen LogP contribution >= 0.6 is 27.3 Å². The number of thiazole rings is 1. The third-order valence-corrected chi connectivity index (χ3v) is 5.74. The topological polar surface area (TPSA) is 55.7 Å². The Morgan fingerprint density at radius 2 is 1.88 bits per heavy atom. The Labute approximate surface area is 199 Å². The number of rotatable bonds is 9. The van der Waals surface area contributed by atoms with Gasteiger partial charge in [0.2, 0.25) is 5.13 Å². The van der Waals surface area contributed by atoms with E-state index < -0.39 is 0 Å². The minimum Gasteiger partial charge on any atom is -0.490 e. The third-order valence-electron chi connectivity index (χ3n) is 4.50. The minimum atomic E-state index is 0.461. The summed E-state index contributed by atoms with van der Waals surface area (Å²) in [6.07, 6.45) is 1.74. The number of hydrogen-bond donors (Lipinski definition) is 1. The summed E-state index contributed by atoms with van der Waals surface area (Å²) >= 11 is 5.00. The van der Waals surface area contributed by atoms with E-state index >= 15 is 0 Å². The molecule has 0 unspecified atom stereocenters. The summed E-state index contributed by atoms with van der Waals surface area (Å²) in [5.74, 6) is 1.39. The summed E-state index contributed by atoms with van der Waals surface area (Å²) in [4.78, 5) is 4.58. The van der Waals surface area contributed by atoms with Crippen LogP contribution in [0.2, 0.25) is 0 Å². The lowest BCUT2D eigenvalue weighted by Crippen LogP contribution is -2.00. The molecule has 7 heteroatoms. The highest BCUT2D eigenvalue weighted by molar-refractivity contribution is 9.10. The van der Waals surface area contributed by atoms with E-state index in [9.17, 15) is 0 Å². The second-order valence-corrected chi connectivity index (χ2v) is 8.61. The van der Waals surface area contributed by atoms with Crippen molar-refractivity contribution in [1.82, 2.24) is 4.98 Å². The SMILES string of the molecule is CCOc1cc(C=NNc2nc(-c3ccccc3)cs2)ccc1OCc1cccc(Br)c1. The first kappa shape index (κ1) is 22.0. The van der Waals surface area contributed by atoms with Gasteiger partial charge in [0.05, 0.1) is 18.5 Å². The van der Waals surface area contributed by atoms with Gasteiger partial charge in [-0.05, 0) is 48.4 Å². The first-order valence-corrected chi connectivity index (χ1v) is 11.8. The maximum Gasteiger partial charge on any atom is 0.203 e. The molecular formula is C25H22BrN3O2S. The predicted molar refractivity (Wildman–Crippen MR) is 135 cm³/mol. The Hall–Kier alpha value is -3.16. The van der Waals surface area contributed by atoms with Gasteiger partial charge in [0.25, 0.3) is 0 Å². The molecule has 1 N–H and O–H groups in total. The van der Waals surface area contributed by atoms with Gasteiger partial charge in [-0.25, -0.2) is 4.98 Å². The van der Waals surface area contributed by atoms with Crippen molar-refractivity contribution in [3.63, 3.8) is 0 Å². The average molecular weight is 508 g/mol. The largest absolute Gasteiger partial charge is 0.490 e. The maximum atomic E-state index is 5.99. The van der Waals surface area contributed by atoms with Gasteiger partial charge in [-0.1, -0.05) is 58.4 Å². The molecule has 0 bridgehead atoms. The van der Waals surface area contributed by atoms with Crippen LogP contribution in [0.15, 0.2) is 87.8 Å². The number of anilines is 1. The molecule has 4 aromatic rings. The fourth-order valence-corrected chi connectivity index (χ4v) is 4.12. The third kappa shape index (κ3) is 5.96. The molecule has 32 heavy (non-hydrogen) atoms. The van der Waals surface area contributed by atoms with Crippen molar-refractivity contribution in [1.29, 1.82) is 0 Å². The quantitative estimate of drug-likeness (QED) is 0.196. The first-order valence-electron chi connectivity index (χ1n) is 10.2. The van der Waals surface area contributed by atoms with Crippen LogP contribution in [0.1, 0.15) is 18.1 Å². The molecule has 4 rings (SSSR count). The number of halogens is 1. The Morgan fingerprint density at radius 1 is 1.00 bits per heavy atom. The van der Waals surface area contributed by atoms with E-state index in [1.54, 1.807) is 6.21 Å². The van der Waals surface area contributed by atoms with Gasteiger partial charge in [0, 0.05) is 15.4 Å². The molecule has 0 aliphatic carbocycles. The van der Waals surface area contributed by atoms with Gasteiger partial charge in [-0.3, -0.25) is 5.43 Å². The monoisotopic (exact) mass is 507 g/mol. The zero-order valence-corrected chi connectivity index (χ0v) is 19.9. The maximum absolute atomic E-state index is 5.99. The van der Waals surface area contributed by atoms with E-state index in [0.29, 0.717) is 24.7 Å². The molecule has 0 saturated heterocycles. The molecule has 0 saturated carbocycles. The van der Waals surface area contributed by atoms with Crippen molar-refractivity contribution in [3.05, 3.63) is 93.8 Å². The van der Waals surface area contributed by atoms with Gasteiger partial charge < -0.3 is 9.47 Å². The highest BCUT2D eigenvalue weighted by Gasteiger charge is 2.07. The van der Waals surface area contributed by atoms with Crippen LogP contribution in [-0.2, 0) is 6.61 Å². The smallest absolute Gasteiger partial charge is 0.203 e. The Kier molecular flexibility index (Phi) is 7.53. The van der Waals surface area contributed by atoms with Crippen LogP contribution in [-0.4, -0.2) is 17.8 Å². The highest BCUT2D eigenvalue weighted by atomic mass is 79.9. The van der Waals surface area contributed by atoms with Gasteiger partial charge in [-0.2, -0.15) is 5.10 Å². The summed E-state index contributed by atoms with van der Waals surface area (Å²) in [5, 5.41) is 7.07. The molecule has 5 nitrogen and oxygen atoms in total. The molecule has 162 valence electrons. The molecule has 0 radical (unpaired) electrons. The highest BCUT2D eigenvalue weighted by Crippen LogP contribution is 2.29. The number of benzene rings is 3. The molecule has 0 atom stereocenters. The van der Waals surface area contributed by atoms with Gasteiger partial charge in [-0.15, -0.1) is 11.3 Å². The number of aromatic nitrogens is 1. The molecule has 0 fully saturated rings. The van der Waals surface area contributed by atoms with E-state index in [1.807, 2.05) is 85.1 Å². The number of hydrazone groups is 1. The molecule has 1 aromatic heterocycles. The Balaban J connectivity index is 1.40. The first-order chi connectivity index (χ1) is 15.7. The van der Waals surface area contributed by atoms with Gasteiger partial charge >= 0.3 is 0 Å². The number of nitrogens with one attached hydrogen (secondary N) is 1. The fraction of sp³-hybridized carbons (Fsp3) is 0.120. The zero-order chi connectivity index (χ0) is 22.2. The van der Waals surface area contributed by atoms with E-state index in [4.69, 9.17) is 9.47 Å². The van der Waals surface area contributed by atoms with Gasteiger partial charge in [0.15, 0.2) is 11.5 Å². The van der Waals surface area contributed by atoms with Crippen molar-refractivity contribution in [2.45, 2.75) is 13.5 Å². The fourth-order valence-electron chi connectivity index (χ4n) is 3.01. The van der Waals surface area contributed by atoms with Crippen molar-refractivity contribution in [3.8, 4) is 22.8 Å². The average Bonchev–Trinajstić information content (AvgIpc) is 3.28. The van der Waals surface area contributed by atoms with E-state index in [0.717, 1.165) is 32.0 Å². The zero-order valence-electron chi connectivity index (χ0n) is 17.5. The van der Waals surface area contributed by atoms with Crippen LogP contribution in [0.4, 0.5) is 5.13 Å². The lowest BCUT2D eigenvalue weighted by molar-refractivity contribution is 0.269. The van der Waals surface area contributed by atoms with Crippen LogP contribution in [0.3, 0.4) is 0 Å². The van der Waals surface area contributed by atoms with Crippen molar-refractivity contribution >= 4 is 38.6 Å². The molecule has 0 spiro atoms. The van der Waals surface area contributed by atoms with Crippen LogP contribution in [0.5, 0.6) is 11.5 Å². The summed E-state index contributed by atoms with van der Waals surface area (Å²) in [7, 11) is 0. The number of hydrogen-bond acceptors (Lipinski definition) is 6. The molecule has 0 aliphatic rings. The van der Waals surface area contributed by atoms with Crippen LogP contribution < -0.4 is 14.9 Å². The standard InChI is InChI=1S/C25H22BrN3O2S/c1-2-30-24-14-18(11-12-23(24)31-16-19-7-6-10-21(26)13-19)15-27-29-25-28-22(17-32-25)20-8-4-3-5-9-20/h3-15,17H,2,16H2,1H3,(H,28,29). The minimum absolute atomic E-state index is 0.461. The normalized spacial score (nSPS) is 10.9. The van der Waals surface area contributed by atoms with E-state index in [-0.39, 0.29) is 0 Å². The molecule has 0 amide bonds. The second-order valence-electron chi connectivity index (χ2n) is 6.83. The molecule has 3 aromatic carbocycles. The molecular weight excluding hydrogens is 486 g/mol. The summed E-state index contributed by atoms with van der Waals surface area (Å²) in [6, 6.07) is 23.9. The van der Waals surface area contributed by atoms with E-state index in [2.05, 4.69) is 31.4 Å². The molecule has 0 aliphatic heterocycles. The molecule has 1 heterocycles. The van der Waals surface area contributed by atoms with Gasteiger partial charge in [0.1, 0.15) is 6.61 Å². The van der Waals surface area contributed by atoms with Crippen molar-refractivity contribution < 1.29 is 9.47 Å². The Morgan fingerprint density at radius 3 is 2.69 bits per heavy atom. The lowest BCUT2D eigenvalue weighted by Gasteiger charge is -2.12. The van der Waals surface area contributed by atoms with Crippen LogP contribution in [0, 0.1) is 0 Å². The van der Waals surface area contributed by atoms with Crippen molar-refractivity contribution in [2.75, 3.05) is 12.0 Å². The van der Waals surface area contributed by atoms with Crippen molar-refractivity contribution in [2.24, 2.45) is 5.10 Å². The summed E-state index contributed by atoms with van der Waals surface area (Å²) < 4.78 is 12.8. The lowest BCUT2D eigenvalue weighted by atomic mass is 10.2. The van der Waals surface area contributed by atoms with E-state index in [1.165, 1.54) is 11.3 Å². The Bertz CT molecular complexity index is 1190. The summed E-state index contributed by atoms with van der Waals surface area (Å²) in [6.45, 7) is 2.96. The number of ether oxygens (including phenoxy) is 2. The second kappa shape index (κ2) is 10.9. The summed E-state index contributed by atoms with van der Waals surface area (Å²) in [5.41, 5.74) is 6.99. The predicted octanol–water partition coefficient (Wildman–Crippen LogP) is 7.00.